The number of H-pyrrole nitrogens is 1. The number of aromatic amines is 1. The number of methoxy groups -OCH3 is 1. The first-order chi connectivity index (χ1) is 12.1. The molecule has 0 unspecified atom stereocenters. The third-order valence-corrected chi connectivity index (χ3v) is 4.35. The Labute approximate surface area is 147 Å². The fourth-order valence-corrected chi connectivity index (χ4v) is 3.12. The van der Waals surface area contributed by atoms with Gasteiger partial charge in [-0.25, -0.2) is 0 Å². The zero-order chi connectivity index (χ0) is 18.0. The first-order valence-electron chi connectivity index (χ1n) is 8.49. The Kier molecular flexibility index (Phi) is 4.79. The molecule has 0 aliphatic carbocycles. The fraction of sp³-hybridized carbons (Fsp3) is 0.286. The van der Waals surface area contributed by atoms with Crippen LogP contribution >= 0.6 is 0 Å². The Balaban J connectivity index is 2.21. The van der Waals surface area contributed by atoms with Crippen molar-refractivity contribution in [1.82, 2.24) is 4.98 Å². The normalized spacial score (nSPS) is 10.9. The standard InChI is InChI=1S/C21H23NO3/c1-5-10-25-21-14(3)11-13(2)18-19(21)22-12-17(20(18)23)15-6-8-16(24-4)9-7-15/h6-9,11-12H,5,10H2,1-4H3,(H,22,23). The number of aryl methyl sites for hydroxylation is 2. The molecule has 0 spiro atoms. The lowest BCUT2D eigenvalue weighted by molar-refractivity contribution is 0.318. The Morgan fingerprint density at radius 3 is 2.44 bits per heavy atom. The summed E-state index contributed by atoms with van der Waals surface area (Å²) in [7, 11) is 1.63. The van der Waals surface area contributed by atoms with Crippen LogP contribution in [0.1, 0.15) is 24.5 Å². The topological polar surface area (TPSA) is 51.3 Å². The van der Waals surface area contributed by atoms with Crippen molar-refractivity contribution in [1.29, 1.82) is 0 Å². The van der Waals surface area contributed by atoms with Gasteiger partial charge in [-0.05, 0) is 49.1 Å². The van der Waals surface area contributed by atoms with Gasteiger partial charge in [-0.1, -0.05) is 25.1 Å². The third-order valence-electron chi connectivity index (χ3n) is 4.35. The van der Waals surface area contributed by atoms with E-state index in [1.807, 2.05) is 44.2 Å². The van der Waals surface area contributed by atoms with Gasteiger partial charge in [0, 0.05) is 11.8 Å². The van der Waals surface area contributed by atoms with Crippen molar-refractivity contribution in [2.75, 3.05) is 13.7 Å². The molecule has 1 aromatic heterocycles. The predicted octanol–water partition coefficient (Wildman–Crippen LogP) is 4.61. The molecule has 0 saturated heterocycles. The van der Waals surface area contributed by atoms with Crippen LogP contribution < -0.4 is 14.9 Å². The maximum absolute atomic E-state index is 13.1. The van der Waals surface area contributed by atoms with Gasteiger partial charge in [-0.15, -0.1) is 0 Å². The average Bonchev–Trinajstić information content (AvgIpc) is 2.61. The van der Waals surface area contributed by atoms with Gasteiger partial charge in [0.1, 0.15) is 11.5 Å². The van der Waals surface area contributed by atoms with Gasteiger partial charge in [0.15, 0.2) is 5.43 Å². The van der Waals surface area contributed by atoms with Gasteiger partial charge in [-0.3, -0.25) is 4.79 Å². The fourth-order valence-electron chi connectivity index (χ4n) is 3.12. The second-order valence-corrected chi connectivity index (χ2v) is 6.20. The van der Waals surface area contributed by atoms with Crippen LogP contribution in [0.25, 0.3) is 22.0 Å². The third kappa shape index (κ3) is 3.12. The van der Waals surface area contributed by atoms with Gasteiger partial charge in [0.25, 0.3) is 0 Å². The number of hydrogen-bond donors (Lipinski definition) is 1. The Morgan fingerprint density at radius 1 is 1.08 bits per heavy atom. The maximum Gasteiger partial charge on any atom is 0.197 e. The summed E-state index contributed by atoms with van der Waals surface area (Å²) in [6, 6.07) is 9.52. The van der Waals surface area contributed by atoms with Gasteiger partial charge in [0.05, 0.1) is 24.6 Å². The number of rotatable bonds is 5. The smallest absolute Gasteiger partial charge is 0.197 e. The molecule has 3 aromatic rings. The lowest BCUT2D eigenvalue weighted by Gasteiger charge is -2.14. The Bertz CT molecular complexity index is 956. The highest BCUT2D eigenvalue weighted by molar-refractivity contribution is 5.91. The van der Waals surface area contributed by atoms with E-state index in [2.05, 4.69) is 11.9 Å². The van der Waals surface area contributed by atoms with E-state index in [0.29, 0.717) is 17.6 Å². The maximum atomic E-state index is 13.1. The summed E-state index contributed by atoms with van der Waals surface area (Å²) in [5.41, 5.74) is 4.27. The first-order valence-corrected chi connectivity index (χ1v) is 8.49. The second kappa shape index (κ2) is 7.01. The van der Waals surface area contributed by atoms with Crippen molar-refractivity contribution in [2.24, 2.45) is 0 Å². The molecule has 0 aliphatic heterocycles. The van der Waals surface area contributed by atoms with Crippen LogP contribution in [-0.4, -0.2) is 18.7 Å². The highest BCUT2D eigenvalue weighted by Gasteiger charge is 2.15. The zero-order valence-corrected chi connectivity index (χ0v) is 15.1. The van der Waals surface area contributed by atoms with Crippen molar-refractivity contribution < 1.29 is 9.47 Å². The lowest BCUT2D eigenvalue weighted by atomic mass is 10.00. The van der Waals surface area contributed by atoms with Crippen LogP contribution in [0.3, 0.4) is 0 Å². The molecule has 2 aromatic carbocycles. The van der Waals surface area contributed by atoms with E-state index in [9.17, 15) is 4.79 Å². The van der Waals surface area contributed by atoms with Crippen molar-refractivity contribution in [3.63, 3.8) is 0 Å². The molecule has 0 amide bonds. The zero-order valence-electron chi connectivity index (χ0n) is 15.1. The molecule has 1 heterocycles. The number of pyridine rings is 1. The van der Waals surface area contributed by atoms with Crippen LogP contribution in [0.4, 0.5) is 0 Å². The quantitative estimate of drug-likeness (QED) is 0.740. The summed E-state index contributed by atoms with van der Waals surface area (Å²) in [6.07, 6.45) is 2.69. The van der Waals surface area contributed by atoms with Gasteiger partial charge < -0.3 is 14.5 Å². The highest BCUT2D eigenvalue weighted by Crippen LogP contribution is 2.31. The molecule has 130 valence electrons. The summed E-state index contributed by atoms with van der Waals surface area (Å²) >= 11 is 0. The molecule has 25 heavy (non-hydrogen) atoms. The van der Waals surface area contributed by atoms with E-state index >= 15 is 0 Å². The van der Waals surface area contributed by atoms with Gasteiger partial charge in [0.2, 0.25) is 0 Å². The molecule has 4 nitrogen and oxygen atoms in total. The van der Waals surface area contributed by atoms with E-state index in [4.69, 9.17) is 9.47 Å². The van der Waals surface area contributed by atoms with Crippen molar-refractivity contribution in [2.45, 2.75) is 27.2 Å². The van der Waals surface area contributed by atoms with E-state index in [-0.39, 0.29) is 5.43 Å². The van der Waals surface area contributed by atoms with Gasteiger partial charge in [-0.2, -0.15) is 0 Å². The molecule has 0 saturated carbocycles. The molecule has 0 fully saturated rings. The number of nitrogens with one attached hydrogen (secondary N) is 1. The molecule has 0 aliphatic rings. The Morgan fingerprint density at radius 2 is 1.80 bits per heavy atom. The first kappa shape index (κ1) is 17.1. The summed E-state index contributed by atoms with van der Waals surface area (Å²) in [6.45, 7) is 6.66. The number of hydrogen-bond acceptors (Lipinski definition) is 3. The van der Waals surface area contributed by atoms with E-state index in [1.54, 1.807) is 13.3 Å². The van der Waals surface area contributed by atoms with Crippen LogP contribution in [0.5, 0.6) is 11.5 Å². The molecule has 0 radical (unpaired) electrons. The summed E-state index contributed by atoms with van der Waals surface area (Å²) in [4.78, 5) is 16.4. The van der Waals surface area contributed by atoms with Crippen LogP contribution in [0.15, 0.2) is 41.3 Å². The van der Waals surface area contributed by atoms with Crippen molar-refractivity contribution in [3.8, 4) is 22.6 Å². The summed E-state index contributed by atoms with van der Waals surface area (Å²) in [5, 5.41) is 0.685. The van der Waals surface area contributed by atoms with Crippen LogP contribution in [0, 0.1) is 13.8 Å². The number of aromatic nitrogens is 1. The highest BCUT2D eigenvalue weighted by atomic mass is 16.5. The number of fused-ring (bicyclic) bond motifs is 1. The molecule has 3 rings (SSSR count). The van der Waals surface area contributed by atoms with E-state index in [1.165, 1.54) is 0 Å². The molecule has 0 atom stereocenters. The second-order valence-electron chi connectivity index (χ2n) is 6.20. The molecule has 1 N–H and O–H groups in total. The monoisotopic (exact) mass is 337 g/mol. The lowest BCUT2D eigenvalue weighted by Crippen LogP contribution is -2.10. The summed E-state index contributed by atoms with van der Waals surface area (Å²) in [5.74, 6) is 1.53. The van der Waals surface area contributed by atoms with Crippen molar-refractivity contribution >= 4 is 10.9 Å². The van der Waals surface area contributed by atoms with Gasteiger partial charge >= 0.3 is 0 Å². The van der Waals surface area contributed by atoms with E-state index in [0.717, 1.165) is 40.1 Å². The average molecular weight is 337 g/mol. The largest absolute Gasteiger partial charge is 0.497 e. The number of benzene rings is 2. The molecule has 4 heteroatoms. The Hall–Kier alpha value is -2.75. The molecule has 0 bridgehead atoms. The van der Waals surface area contributed by atoms with Crippen LogP contribution in [-0.2, 0) is 0 Å². The minimum absolute atomic E-state index is 0.0118. The van der Waals surface area contributed by atoms with Crippen molar-refractivity contribution in [3.05, 3.63) is 57.9 Å². The molecular weight excluding hydrogens is 314 g/mol. The minimum Gasteiger partial charge on any atom is -0.497 e. The molecular formula is C21H23NO3. The van der Waals surface area contributed by atoms with E-state index < -0.39 is 0 Å². The van der Waals surface area contributed by atoms with Crippen LogP contribution in [0.2, 0.25) is 0 Å². The predicted molar refractivity (Wildman–Crippen MR) is 102 cm³/mol. The summed E-state index contributed by atoms with van der Waals surface area (Å²) < 4.78 is 11.1. The number of ether oxygens (including phenoxy) is 2. The minimum atomic E-state index is 0.0118. The SMILES string of the molecule is CCCOc1c(C)cc(C)c2c(=O)c(-c3ccc(OC)cc3)c[nH]c12.